The van der Waals surface area contributed by atoms with Crippen molar-refractivity contribution in [3.63, 3.8) is 0 Å². The van der Waals surface area contributed by atoms with E-state index in [1.807, 2.05) is 87.5 Å². The number of rotatable bonds is 4. The molecule has 8 aromatic rings. The van der Waals surface area contributed by atoms with Crippen LogP contribution in [-0.4, -0.2) is 9.97 Å². The van der Waals surface area contributed by atoms with E-state index in [9.17, 15) is 0 Å². The van der Waals surface area contributed by atoms with E-state index in [0.29, 0.717) is 44.8 Å². The SMILES string of the molecule is [2H]C([2H])([2H])c1ccc(-c2[c-]cc(C([2H])([2H])[2H])c(-c3ccccc3)c2)nc1.[2H]C([2H])([2H])c1cnc(-c2[c-]ccc3c2oc2ccccc23)cc1-c1ccc(C(C)(C)C)cc1C([2H])([2H])[2H].[Ir]. The second-order valence-corrected chi connectivity index (χ2v) is 13.3. The fourth-order valence-corrected chi connectivity index (χ4v) is 5.99. The largest absolute Gasteiger partial charge is 0.501 e. The van der Waals surface area contributed by atoms with Crippen LogP contribution in [0.1, 0.15) is 65.0 Å². The Morgan fingerprint density at radius 2 is 1.42 bits per heavy atom. The fourth-order valence-electron chi connectivity index (χ4n) is 5.99. The van der Waals surface area contributed by atoms with E-state index in [1.165, 1.54) is 24.5 Å². The van der Waals surface area contributed by atoms with Gasteiger partial charge in [-0.05, 0) is 82.4 Å². The Morgan fingerprint density at radius 1 is 0.635 bits per heavy atom. The molecule has 3 nitrogen and oxygen atoms in total. The van der Waals surface area contributed by atoms with Crippen molar-refractivity contribution in [2.75, 3.05) is 0 Å². The summed E-state index contributed by atoms with van der Waals surface area (Å²) in [7, 11) is 0. The Kier molecular flexibility index (Phi) is 7.07. The molecular formula is C48H42IrN2O-2. The van der Waals surface area contributed by atoms with Crippen LogP contribution >= 0.6 is 0 Å². The smallest absolute Gasteiger partial charge is 0.120 e. The van der Waals surface area contributed by atoms with E-state index < -0.39 is 27.4 Å². The molecule has 3 heterocycles. The molecule has 0 aliphatic rings. The zero-order valence-corrected chi connectivity index (χ0v) is 31.2. The van der Waals surface area contributed by atoms with Crippen molar-refractivity contribution in [3.05, 3.63) is 168 Å². The van der Waals surface area contributed by atoms with Crippen LogP contribution in [0.2, 0.25) is 0 Å². The quantitative estimate of drug-likeness (QED) is 0.165. The molecule has 0 atom stereocenters. The fraction of sp³-hybridized carbons (Fsp3) is 0.167. The average Bonchev–Trinajstić information content (AvgIpc) is 3.61. The van der Waals surface area contributed by atoms with Gasteiger partial charge in [0.05, 0.1) is 5.58 Å². The van der Waals surface area contributed by atoms with Crippen LogP contribution in [-0.2, 0) is 25.5 Å². The first-order valence-corrected chi connectivity index (χ1v) is 16.5. The van der Waals surface area contributed by atoms with Crippen LogP contribution in [0.5, 0.6) is 0 Å². The molecule has 0 spiro atoms. The maximum atomic E-state index is 8.23. The summed E-state index contributed by atoms with van der Waals surface area (Å²) in [5.41, 5.74) is 6.53. The van der Waals surface area contributed by atoms with E-state index in [1.54, 1.807) is 36.4 Å². The minimum Gasteiger partial charge on any atom is -0.501 e. The summed E-state index contributed by atoms with van der Waals surface area (Å²) in [6.07, 6.45) is 2.63. The van der Waals surface area contributed by atoms with Gasteiger partial charge >= 0.3 is 0 Å². The number of hydrogen-bond acceptors (Lipinski definition) is 3. The molecule has 0 amide bonds. The summed E-state index contributed by atoms with van der Waals surface area (Å²) >= 11 is 0. The van der Waals surface area contributed by atoms with Crippen molar-refractivity contribution < 1.29 is 41.0 Å². The van der Waals surface area contributed by atoms with Crippen LogP contribution in [0.4, 0.5) is 0 Å². The molecule has 0 aliphatic heterocycles. The average molecular weight is 867 g/mol. The molecule has 3 aromatic heterocycles. The predicted molar refractivity (Wildman–Crippen MR) is 213 cm³/mol. The molecule has 0 N–H and O–H groups in total. The third-order valence-corrected chi connectivity index (χ3v) is 8.75. The zero-order valence-electron chi connectivity index (χ0n) is 40.8. The van der Waals surface area contributed by atoms with Gasteiger partial charge < -0.3 is 14.4 Å². The first-order valence-electron chi connectivity index (χ1n) is 22.5. The van der Waals surface area contributed by atoms with Crippen molar-refractivity contribution in [2.45, 2.75) is 53.6 Å². The maximum Gasteiger partial charge on any atom is 0.120 e. The standard InChI is InChI=1S/C29H26NO.C19H16N.Ir/c1-18-15-20(29(3,4)5)13-14-21(18)25-16-26(30-17-19(25)2)24-11-8-10-23-22-9-6-7-12-27(22)31-28(23)24;1-14-8-11-19(20-13-14)17-10-9-15(2)18(12-17)16-6-4-3-5-7-16;/h6-10,12-17H,1-5H3;3-9,11-13H,1-2H3;/q2*-1;/i2*1D3,2D3;. The summed E-state index contributed by atoms with van der Waals surface area (Å²) in [5, 5.41) is 1.85. The van der Waals surface area contributed by atoms with Gasteiger partial charge in [-0.15, -0.1) is 47.5 Å². The van der Waals surface area contributed by atoms with Crippen LogP contribution in [0, 0.1) is 39.5 Å². The molecule has 0 aliphatic carbocycles. The molecule has 52 heavy (non-hydrogen) atoms. The minimum atomic E-state index is -2.50. The number of nitrogens with zero attached hydrogens (tertiary/aromatic N) is 2. The van der Waals surface area contributed by atoms with E-state index in [-0.39, 0.29) is 47.8 Å². The van der Waals surface area contributed by atoms with Gasteiger partial charge in [0.1, 0.15) is 5.58 Å². The Labute approximate surface area is 338 Å². The molecule has 0 unspecified atom stereocenters. The topological polar surface area (TPSA) is 38.9 Å². The Morgan fingerprint density at radius 3 is 2.17 bits per heavy atom. The number of furan rings is 1. The van der Waals surface area contributed by atoms with E-state index in [0.717, 1.165) is 27.5 Å². The third-order valence-electron chi connectivity index (χ3n) is 8.75. The molecule has 5 aromatic carbocycles. The number of pyridine rings is 2. The summed E-state index contributed by atoms with van der Waals surface area (Å²) in [4.78, 5) is 8.69. The summed E-state index contributed by atoms with van der Waals surface area (Å²) in [5.74, 6) is 0. The van der Waals surface area contributed by atoms with E-state index in [2.05, 4.69) is 22.1 Å². The van der Waals surface area contributed by atoms with Crippen molar-refractivity contribution >= 4 is 21.9 Å². The van der Waals surface area contributed by atoms with E-state index >= 15 is 0 Å². The van der Waals surface area contributed by atoms with Gasteiger partial charge in [0.15, 0.2) is 0 Å². The molecular weight excluding hydrogens is 813 g/mol. The Hall–Kier alpha value is -5.15. The monoisotopic (exact) mass is 867 g/mol. The zero-order chi connectivity index (χ0) is 45.7. The number of aryl methyl sites for hydroxylation is 4. The van der Waals surface area contributed by atoms with Crippen molar-refractivity contribution in [1.82, 2.24) is 9.97 Å². The molecule has 0 fully saturated rings. The first kappa shape index (κ1) is 24.2. The van der Waals surface area contributed by atoms with Crippen molar-refractivity contribution in [3.8, 4) is 44.8 Å². The van der Waals surface area contributed by atoms with Gasteiger partial charge in [0.2, 0.25) is 0 Å². The van der Waals surface area contributed by atoms with Crippen LogP contribution in [0.3, 0.4) is 0 Å². The van der Waals surface area contributed by atoms with E-state index in [4.69, 9.17) is 20.9 Å². The normalized spacial score (nSPS) is 15.6. The van der Waals surface area contributed by atoms with Crippen molar-refractivity contribution in [1.29, 1.82) is 0 Å². The molecule has 4 heteroatoms. The third kappa shape index (κ3) is 7.55. The minimum absolute atomic E-state index is 0. The molecule has 0 saturated heterocycles. The first-order chi connectivity index (χ1) is 29.4. The number of fused-ring (bicyclic) bond motifs is 3. The Balaban J connectivity index is 0.000000222. The molecule has 261 valence electrons. The van der Waals surface area contributed by atoms with Crippen LogP contribution in [0.15, 0.2) is 132 Å². The van der Waals surface area contributed by atoms with Gasteiger partial charge in [-0.25, -0.2) is 0 Å². The van der Waals surface area contributed by atoms with Crippen LogP contribution < -0.4 is 0 Å². The van der Waals surface area contributed by atoms with Crippen LogP contribution in [0.25, 0.3) is 66.7 Å². The summed E-state index contributed by atoms with van der Waals surface area (Å²) in [6, 6.07) is 40.0. The predicted octanol–water partition coefficient (Wildman–Crippen LogP) is 12.9. The summed E-state index contributed by atoms with van der Waals surface area (Å²) < 4.78 is 101. The van der Waals surface area contributed by atoms with Gasteiger partial charge in [0.25, 0.3) is 0 Å². The van der Waals surface area contributed by atoms with Gasteiger partial charge in [0, 0.05) is 54.3 Å². The second kappa shape index (κ2) is 15.2. The van der Waals surface area contributed by atoms with Gasteiger partial charge in [-0.2, -0.15) is 0 Å². The number of aromatic nitrogens is 2. The number of hydrogen-bond donors (Lipinski definition) is 0. The number of benzene rings is 5. The molecule has 8 rings (SSSR count). The van der Waals surface area contributed by atoms with Crippen molar-refractivity contribution in [2.24, 2.45) is 0 Å². The maximum absolute atomic E-state index is 8.23. The molecule has 1 radical (unpaired) electrons. The molecule has 0 saturated carbocycles. The second-order valence-electron chi connectivity index (χ2n) is 13.3. The van der Waals surface area contributed by atoms with Gasteiger partial charge in [-0.1, -0.05) is 129 Å². The summed E-state index contributed by atoms with van der Waals surface area (Å²) in [6.45, 7) is -3.40. The van der Waals surface area contributed by atoms with Gasteiger partial charge in [-0.3, -0.25) is 0 Å². The molecule has 0 bridgehead atoms. The Bertz CT molecular complexity index is 2930. The number of para-hydroxylation sites is 1.